The number of rotatable bonds is 5. The van der Waals surface area contributed by atoms with Crippen LogP contribution < -0.4 is 5.32 Å². The lowest BCUT2D eigenvalue weighted by atomic mass is 10.1. The summed E-state index contributed by atoms with van der Waals surface area (Å²) < 4.78 is 1.73. The molecule has 19 heavy (non-hydrogen) atoms. The number of aryl methyl sites for hydroxylation is 1. The van der Waals surface area contributed by atoms with E-state index in [0.29, 0.717) is 12.2 Å². The Morgan fingerprint density at radius 1 is 1.53 bits per heavy atom. The average molecular weight is 280 g/mol. The van der Waals surface area contributed by atoms with Crippen molar-refractivity contribution in [2.75, 3.05) is 11.9 Å². The summed E-state index contributed by atoms with van der Waals surface area (Å²) >= 11 is 5.89. The van der Waals surface area contributed by atoms with Crippen molar-refractivity contribution in [3.63, 3.8) is 0 Å². The van der Waals surface area contributed by atoms with E-state index in [4.69, 9.17) is 16.7 Å². The number of hydrogen-bond donors (Lipinski definition) is 2. The topological polar surface area (TPSA) is 67.2 Å². The summed E-state index contributed by atoms with van der Waals surface area (Å²) in [6.07, 6.45) is 4.48. The molecule has 0 bridgehead atoms. The Hall–Kier alpha value is -2.01. The number of nitrogens with zero attached hydrogens (tertiary/aromatic N) is 2. The van der Waals surface area contributed by atoms with Gasteiger partial charge in [-0.3, -0.25) is 4.68 Å². The van der Waals surface area contributed by atoms with Gasteiger partial charge in [-0.1, -0.05) is 17.7 Å². The quantitative estimate of drug-likeness (QED) is 0.882. The maximum absolute atomic E-state index is 11.1. The second kappa shape index (κ2) is 5.75. The molecule has 6 heteroatoms. The first-order valence-electron chi connectivity index (χ1n) is 5.81. The molecule has 0 fully saturated rings. The Morgan fingerprint density at radius 2 is 2.32 bits per heavy atom. The van der Waals surface area contributed by atoms with Crippen molar-refractivity contribution in [1.82, 2.24) is 9.78 Å². The lowest BCUT2D eigenvalue weighted by Gasteiger charge is -2.10. The van der Waals surface area contributed by atoms with Crippen molar-refractivity contribution in [3.8, 4) is 0 Å². The largest absolute Gasteiger partial charge is 0.478 e. The van der Waals surface area contributed by atoms with Gasteiger partial charge in [0.15, 0.2) is 0 Å². The third-order valence-corrected chi connectivity index (χ3v) is 3.03. The molecule has 0 saturated heterocycles. The van der Waals surface area contributed by atoms with E-state index in [0.717, 1.165) is 12.0 Å². The lowest BCUT2D eigenvalue weighted by Crippen LogP contribution is -2.09. The molecule has 0 unspecified atom stereocenters. The van der Waals surface area contributed by atoms with Crippen LogP contribution in [-0.4, -0.2) is 27.4 Å². The zero-order valence-electron chi connectivity index (χ0n) is 10.4. The van der Waals surface area contributed by atoms with Gasteiger partial charge in [-0.25, -0.2) is 4.79 Å². The third kappa shape index (κ3) is 3.26. The molecule has 0 amide bonds. The summed E-state index contributed by atoms with van der Waals surface area (Å²) in [6, 6.07) is 5.00. The molecular weight excluding hydrogens is 266 g/mol. The van der Waals surface area contributed by atoms with Crippen molar-refractivity contribution in [2.24, 2.45) is 7.05 Å². The summed E-state index contributed by atoms with van der Waals surface area (Å²) in [4.78, 5) is 11.1. The van der Waals surface area contributed by atoms with Crippen molar-refractivity contribution < 1.29 is 9.90 Å². The Morgan fingerprint density at radius 3 is 2.95 bits per heavy atom. The Kier molecular flexibility index (Phi) is 4.06. The van der Waals surface area contributed by atoms with E-state index < -0.39 is 5.97 Å². The van der Waals surface area contributed by atoms with Crippen LogP contribution in [0.15, 0.2) is 30.6 Å². The van der Waals surface area contributed by atoms with Crippen LogP contribution >= 0.6 is 11.6 Å². The Labute approximate surface area is 115 Å². The second-order valence-corrected chi connectivity index (χ2v) is 4.57. The van der Waals surface area contributed by atoms with Crippen LogP contribution in [0, 0.1) is 0 Å². The SMILES string of the molecule is Cn1cc(CCNc2cccc(Cl)c2C(=O)O)cn1. The molecule has 1 aromatic carbocycles. The summed E-state index contributed by atoms with van der Waals surface area (Å²) in [7, 11) is 1.86. The van der Waals surface area contributed by atoms with Crippen LogP contribution in [0.5, 0.6) is 0 Å². The van der Waals surface area contributed by atoms with E-state index >= 15 is 0 Å². The first kappa shape index (κ1) is 13.4. The molecule has 5 nitrogen and oxygen atoms in total. The maximum atomic E-state index is 11.1. The van der Waals surface area contributed by atoms with E-state index in [1.807, 2.05) is 13.2 Å². The molecule has 1 heterocycles. The van der Waals surface area contributed by atoms with Gasteiger partial charge in [0.2, 0.25) is 0 Å². The lowest BCUT2D eigenvalue weighted by molar-refractivity contribution is 0.0698. The van der Waals surface area contributed by atoms with Gasteiger partial charge in [0.1, 0.15) is 5.56 Å². The Bertz CT molecular complexity index is 595. The van der Waals surface area contributed by atoms with E-state index in [9.17, 15) is 4.79 Å². The fraction of sp³-hybridized carbons (Fsp3) is 0.231. The van der Waals surface area contributed by atoms with Gasteiger partial charge >= 0.3 is 5.97 Å². The van der Waals surface area contributed by atoms with Crippen LogP contribution in [0.25, 0.3) is 0 Å². The fourth-order valence-electron chi connectivity index (χ4n) is 1.83. The third-order valence-electron chi connectivity index (χ3n) is 2.71. The molecule has 0 aliphatic rings. The van der Waals surface area contributed by atoms with E-state index in [-0.39, 0.29) is 10.6 Å². The summed E-state index contributed by atoms with van der Waals surface area (Å²) in [5.41, 5.74) is 1.73. The van der Waals surface area contributed by atoms with Crippen LogP contribution in [0.4, 0.5) is 5.69 Å². The van der Waals surface area contributed by atoms with E-state index in [1.54, 1.807) is 29.1 Å². The van der Waals surface area contributed by atoms with Crippen LogP contribution in [0.3, 0.4) is 0 Å². The molecule has 0 aliphatic heterocycles. The van der Waals surface area contributed by atoms with Crippen molar-refractivity contribution in [2.45, 2.75) is 6.42 Å². The minimum atomic E-state index is -1.03. The molecular formula is C13H14ClN3O2. The number of carbonyl (C=O) groups is 1. The second-order valence-electron chi connectivity index (χ2n) is 4.17. The number of hydrogen-bond acceptors (Lipinski definition) is 3. The highest BCUT2D eigenvalue weighted by atomic mass is 35.5. The predicted molar refractivity (Wildman–Crippen MR) is 73.8 cm³/mol. The van der Waals surface area contributed by atoms with Crippen molar-refractivity contribution in [3.05, 3.63) is 46.7 Å². The first-order chi connectivity index (χ1) is 9.08. The highest BCUT2D eigenvalue weighted by Crippen LogP contribution is 2.24. The number of aromatic carboxylic acids is 1. The summed E-state index contributed by atoms with van der Waals surface area (Å²) in [5.74, 6) is -1.03. The molecule has 2 aromatic rings. The molecule has 1 aromatic heterocycles. The smallest absolute Gasteiger partial charge is 0.339 e. The van der Waals surface area contributed by atoms with E-state index in [1.165, 1.54) is 0 Å². The van der Waals surface area contributed by atoms with Gasteiger partial charge in [-0.2, -0.15) is 5.10 Å². The fourth-order valence-corrected chi connectivity index (χ4v) is 2.09. The summed E-state index contributed by atoms with van der Waals surface area (Å²) in [6.45, 7) is 0.617. The molecule has 0 aliphatic carbocycles. The normalized spacial score (nSPS) is 10.4. The number of halogens is 1. The highest BCUT2D eigenvalue weighted by Gasteiger charge is 2.13. The summed E-state index contributed by atoms with van der Waals surface area (Å²) in [5, 5.41) is 16.5. The highest BCUT2D eigenvalue weighted by molar-refractivity contribution is 6.34. The van der Waals surface area contributed by atoms with E-state index in [2.05, 4.69) is 10.4 Å². The standard InChI is InChI=1S/C13H14ClN3O2/c1-17-8-9(7-16-17)5-6-15-11-4-2-3-10(14)12(11)13(18)19/h2-4,7-8,15H,5-6H2,1H3,(H,18,19). The molecule has 0 spiro atoms. The zero-order chi connectivity index (χ0) is 13.8. The van der Waals surface area contributed by atoms with Gasteiger partial charge in [0, 0.05) is 19.8 Å². The number of aromatic nitrogens is 2. The van der Waals surface area contributed by atoms with Gasteiger partial charge in [0.05, 0.1) is 16.9 Å². The molecule has 0 atom stereocenters. The van der Waals surface area contributed by atoms with Crippen molar-refractivity contribution in [1.29, 1.82) is 0 Å². The van der Waals surface area contributed by atoms with Crippen molar-refractivity contribution >= 4 is 23.3 Å². The van der Waals surface area contributed by atoms with Crippen LogP contribution in [-0.2, 0) is 13.5 Å². The minimum Gasteiger partial charge on any atom is -0.478 e. The number of anilines is 1. The number of nitrogens with one attached hydrogen (secondary N) is 1. The first-order valence-corrected chi connectivity index (χ1v) is 6.19. The van der Waals surface area contributed by atoms with Gasteiger partial charge in [0.25, 0.3) is 0 Å². The van der Waals surface area contributed by atoms with Crippen LogP contribution in [0.1, 0.15) is 15.9 Å². The monoisotopic (exact) mass is 279 g/mol. The number of benzene rings is 1. The predicted octanol–water partition coefficient (Wildman–Crippen LogP) is 2.43. The van der Waals surface area contributed by atoms with Gasteiger partial charge < -0.3 is 10.4 Å². The zero-order valence-corrected chi connectivity index (χ0v) is 11.2. The number of carboxylic acids is 1. The van der Waals surface area contributed by atoms with Gasteiger partial charge in [-0.15, -0.1) is 0 Å². The van der Waals surface area contributed by atoms with Crippen LogP contribution in [0.2, 0.25) is 5.02 Å². The molecule has 2 rings (SSSR count). The molecule has 100 valence electrons. The Balaban J connectivity index is 2.03. The minimum absolute atomic E-state index is 0.107. The maximum Gasteiger partial charge on any atom is 0.339 e. The molecule has 0 radical (unpaired) electrons. The molecule has 2 N–H and O–H groups in total. The van der Waals surface area contributed by atoms with Gasteiger partial charge in [-0.05, 0) is 24.1 Å². The average Bonchev–Trinajstić information content (AvgIpc) is 2.74. The number of carboxylic acid groups (broad SMARTS) is 1. The molecule has 0 saturated carbocycles.